The van der Waals surface area contributed by atoms with E-state index in [1.54, 1.807) is 14.2 Å². The molecule has 0 saturated carbocycles. The van der Waals surface area contributed by atoms with Crippen LogP contribution >= 0.6 is 0 Å². The number of hydrogen-bond donors (Lipinski definition) is 0. The highest BCUT2D eigenvalue weighted by molar-refractivity contribution is 5.99. The first-order valence-corrected chi connectivity index (χ1v) is 10.3. The van der Waals surface area contributed by atoms with Crippen LogP contribution in [0.1, 0.15) is 62.8 Å². The van der Waals surface area contributed by atoms with Crippen LogP contribution in [0, 0.1) is 0 Å². The molecule has 28 heavy (non-hydrogen) atoms. The molecule has 2 aromatic carbocycles. The Morgan fingerprint density at radius 2 is 1.61 bits per heavy atom. The molecule has 0 N–H and O–H groups in total. The Morgan fingerprint density at radius 1 is 0.964 bits per heavy atom. The number of methoxy groups -OCH3 is 2. The zero-order valence-electron chi connectivity index (χ0n) is 18.3. The van der Waals surface area contributed by atoms with Gasteiger partial charge in [-0.3, -0.25) is 0 Å². The largest absolute Gasteiger partial charge is 0.493 e. The first-order valence-electron chi connectivity index (χ1n) is 10.3. The first-order chi connectivity index (χ1) is 13.4. The van der Waals surface area contributed by atoms with Gasteiger partial charge in [0.1, 0.15) is 6.54 Å². The number of hydrogen-bond acceptors (Lipinski definition) is 2. The Balaban J connectivity index is 1.97. The summed E-state index contributed by atoms with van der Waals surface area (Å²) in [5.41, 5.74) is 7.04. The van der Waals surface area contributed by atoms with Gasteiger partial charge < -0.3 is 9.47 Å². The van der Waals surface area contributed by atoms with Crippen molar-refractivity contribution in [3.05, 3.63) is 58.7 Å². The summed E-state index contributed by atoms with van der Waals surface area (Å²) in [5.74, 6) is 1.63. The summed E-state index contributed by atoms with van der Waals surface area (Å²) in [5, 5.41) is 0. The van der Waals surface area contributed by atoms with E-state index < -0.39 is 0 Å². The van der Waals surface area contributed by atoms with Gasteiger partial charge in [0.05, 0.1) is 14.2 Å². The van der Waals surface area contributed by atoms with E-state index in [2.05, 4.69) is 68.7 Å². The van der Waals surface area contributed by atoms with E-state index in [0.717, 1.165) is 43.9 Å². The van der Waals surface area contributed by atoms with Crippen molar-refractivity contribution in [2.45, 2.75) is 58.9 Å². The van der Waals surface area contributed by atoms with Crippen LogP contribution in [0.2, 0.25) is 0 Å². The number of benzene rings is 2. The number of fused-ring (bicyclic) bond motifs is 1. The second kappa shape index (κ2) is 8.38. The van der Waals surface area contributed by atoms with Crippen LogP contribution in [0.15, 0.2) is 36.4 Å². The van der Waals surface area contributed by atoms with Crippen LogP contribution in [0.4, 0.5) is 0 Å². The Morgan fingerprint density at radius 3 is 2.18 bits per heavy atom. The van der Waals surface area contributed by atoms with Gasteiger partial charge in [-0.1, -0.05) is 52.0 Å². The molecule has 0 aromatic heterocycles. The van der Waals surface area contributed by atoms with Crippen molar-refractivity contribution >= 4 is 5.71 Å². The fraction of sp³-hybridized carbons (Fsp3) is 0.480. The van der Waals surface area contributed by atoms with Crippen molar-refractivity contribution in [2.24, 2.45) is 0 Å². The minimum Gasteiger partial charge on any atom is -0.493 e. The van der Waals surface area contributed by atoms with Crippen molar-refractivity contribution in [1.82, 2.24) is 0 Å². The van der Waals surface area contributed by atoms with E-state index in [1.807, 2.05) is 0 Å². The topological polar surface area (TPSA) is 21.5 Å². The third kappa shape index (κ3) is 4.24. The Labute approximate surface area is 170 Å². The summed E-state index contributed by atoms with van der Waals surface area (Å²) in [6.45, 7) is 11.0. The van der Waals surface area contributed by atoms with Crippen LogP contribution in [0.5, 0.6) is 11.5 Å². The quantitative estimate of drug-likeness (QED) is 0.629. The Bertz CT molecular complexity index is 857. The molecule has 1 heterocycles. The summed E-state index contributed by atoms with van der Waals surface area (Å²) in [7, 11) is 3.42. The van der Waals surface area contributed by atoms with Gasteiger partial charge in [0, 0.05) is 24.0 Å². The predicted octanol–water partition coefficient (Wildman–Crippen LogP) is 5.36. The summed E-state index contributed by atoms with van der Waals surface area (Å²) < 4.78 is 13.6. The summed E-state index contributed by atoms with van der Waals surface area (Å²) in [4.78, 5) is 0. The molecule has 0 atom stereocenters. The second-order valence-corrected chi connectivity index (χ2v) is 8.68. The van der Waals surface area contributed by atoms with Crippen LogP contribution in [0.25, 0.3) is 0 Å². The van der Waals surface area contributed by atoms with Gasteiger partial charge in [-0.15, -0.1) is 0 Å². The van der Waals surface area contributed by atoms with Crippen molar-refractivity contribution < 1.29 is 14.0 Å². The van der Waals surface area contributed by atoms with Crippen molar-refractivity contribution in [3.63, 3.8) is 0 Å². The highest BCUT2D eigenvalue weighted by Crippen LogP contribution is 2.33. The van der Waals surface area contributed by atoms with E-state index in [4.69, 9.17) is 9.47 Å². The van der Waals surface area contributed by atoms with Gasteiger partial charge in [0.2, 0.25) is 0 Å². The van der Waals surface area contributed by atoms with Crippen molar-refractivity contribution in [2.75, 3.05) is 20.8 Å². The van der Waals surface area contributed by atoms with Gasteiger partial charge in [-0.25, -0.2) is 4.58 Å². The normalized spacial score (nSPS) is 14.1. The lowest BCUT2D eigenvalue weighted by Crippen LogP contribution is -2.30. The Kier molecular flexibility index (Phi) is 6.12. The van der Waals surface area contributed by atoms with Gasteiger partial charge in [0.25, 0.3) is 0 Å². The average molecular weight is 381 g/mol. The molecule has 3 nitrogen and oxygen atoms in total. The van der Waals surface area contributed by atoms with Gasteiger partial charge >= 0.3 is 0 Å². The summed E-state index contributed by atoms with van der Waals surface area (Å²) in [6.07, 6.45) is 3.23. The molecular formula is C25H34NO2+. The van der Waals surface area contributed by atoms with Crippen LogP contribution < -0.4 is 9.47 Å². The second-order valence-electron chi connectivity index (χ2n) is 8.68. The van der Waals surface area contributed by atoms with Gasteiger partial charge in [-0.2, -0.15) is 0 Å². The molecule has 0 spiro atoms. The van der Waals surface area contributed by atoms with Gasteiger partial charge in [0.15, 0.2) is 23.8 Å². The third-order valence-electron chi connectivity index (χ3n) is 5.63. The number of nitrogens with zero attached hydrogens (tertiary/aromatic N) is 1. The smallest absolute Gasteiger partial charge is 0.184 e. The van der Waals surface area contributed by atoms with Crippen LogP contribution in [-0.4, -0.2) is 31.1 Å². The van der Waals surface area contributed by atoms with Crippen molar-refractivity contribution in [3.8, 4) is 11.5 Å². The maximum atomic E-state index is 5.57. The molecule has 3 heteroatoms. The lowest BCUT2D eigenvalue weighted by molar-refractivity contribution is -0.545. The molecule has 0 aliphatic carbocycles. The first kappa shape index (κ1) is 20.4. The summed E-state index contributed by atoms with van der Waals surface area (Å²) >= 11 is 0. The fourth-order valence-corrected chi connectivity index (χ4v) is 3.99. The van der Waals surface area contributed by atoms with Gasteiger partial charge in [-0.05, 0) is 35.1 Å². The molecule has 2 aromatic rings. The molecule has 0 bridgehead atoms. The number of ether oxygens (including phenoxy) is 2. The molecule has 0 fully saturated rings. The highest BCUT2D eigenvalue weighted by atomic mass is 16.5. The Hall–Kier alpha value is -2.29. The minimum absolute atomic E-state index is 0.192. The van der Waals surface area contributed by atoms with E-state index in [-0.39, 0.29) is 5.41 Å². The molecule has 0 saturated heterocycles. The maximum Gasteiger partial charge on any atom is 0.184 e. The maximum absolute atomic E-state index is 5.57. The molecule has 0 unspecified atom stereocenters. The van der Waals surface area contributed by atoms with E-state index in [0.29, 0.717) is 0 Å². The zero-order chi connectivity index (χ0) is 20.3. The minimum atomic E-state index is 0.192. The predicted molar refractivity (Wildman–Crippen MR) is 116 cm³/mol. The standard InChI is InChI=1S/C25H34NO2/c1-7-8-22-21-16-24(28-6)23(27-5)15-19(21)13-14-26(22)17-18-9-11-20(12-10-18)25(2,3)4/h9-12,15-16H,7-8,13-14,17H2,1-6H3/q+1. The summed E-state index contributed by atoms with van der Waals surface area (Å²) in [6, 6.07) is 13.4. The zero-order valence-corrected chi connectivity index (χ0v) is 18.3. The molecular weight excluding hydrogens is 346 g/mol. The van der Waals surface area contributed by atoms with Crippen molar-refractivity contribution in [1.29, 1.82) is 0 Å². The molecule has 3 rings (SSSR count). The van der Waals surface area contributed by atoms with Crippen LogP contribution in [-0.2, 0) is 18.4 Å². The lowest BCUT2D eigenvalue weighted by atomic mass is 9.86. The molecule has 0 amide bonds. The van der Waals surface area contributed by atoms with Crippen LogP contribution in [0.3, 0.4) is 0 Å². The lowest BCUT2D eigenvalue weighted by Gasteiger charge is -2.21. The monoisotopic (exact) mass is 380 g/mol. The van der Waals surface area contributed by atoms with E-state index in [1.165, 1.54) is 28.0 Å². The molecule has 150 valence electrons. The molecule has 1 aliphatic heterocycles. The fourth-order valence-electron chi connectivity index (χ4n) is 3.99. The molecule has 0 radical (unpaired) electrons. The highest BCUT2D eigenvalue weighted by Gasteiger charge is 2.27. The number of rotatable bonds is 6. The van der Waals surface area contributed by atoms with E-state index >= 15 is 0 Å². The average Bonchev–Trinajstić information content (AvgIpc) is 2.68. The molecule has 1 aliphatic rings. The van der Waals surface area contributed by atoms with E-state index in [9.17, 15) is 0 Å². The third-order valence-corrected chi connectivity index (χ3v) is 5.63. The SMILES string of the molecule is CCCC1=[N+](Cc2ccc(C(C)(C)C)cc2)CCc2cc(OC)c(OC)cc21.